The van der Waals surface area contributed by atoms with Crippen molar-refractivity contribution in [2.24, 2.45) is 5.41 Å². The molecule has 13 heavy (non-hydrogen) atoms. The fraction of sp³-hybridized carbons (Fsp3) is 1.00. The zero-order valence-corrected chi connectivity index (χ0v) is 10.7. The van der Waals surface area contributed by atoms with Crippen LogP contribution in [0.1, 0.15) is 27.2 Å². The molecule has 1 atom stereocenters. The van der Waals surface area contributed by atoms with Crippen molar-refractivity contribution in [2.45, 2.75) is 52.6 Å². The lowest BCUT2D eigenvalue weighted by atomic mass is 10.2. The van der Waals surface area contributed by atoms with E-state index in [1.54, 1.807) is 0 Å². The topological polar surface area (TPSA) is 18.5 Å². The molecule has 1 aliphatic rings. The number of rotatable bonds is 4. The molecule has 3 heteroatoms. The van der Waals surface area contributed by atoms with Crippen LogP contribution < -0.4 is 0 Å². The third kappa shape index (κ3) is 2.33. The smallest absolute Gasteiger partial charge is 0.187 e. The Bertz CT molecular complexity index is 196. The highest BCUT2D eigenvalue weighted by Crippen LogP contribution is 2.59. The summed E-state index contributed by atoms with van der Waals surface area (Å²) >= 11 is 0. The van der Waals surface area contributed by atoms with E-state index in [0.29, 0.717) is 0 Å². The largest absolute Gasteiger partial charge is 0.390 e. The summed E-state index contributed by atoms with van der Waals surface area (Å²) in [6.07, 6.45) is 1.04. The molecule has 0 saturated heterocycles. The van der Waals surface area contributed by atoms with Crippen LogP contribution >= 0.6 is 0 Å². The summed E-state index contributed by atoms with van der Waals surface area (Å²) in [5, 5.41) is 0. The molecular weight excluding hydrogens is 180 g/mol. The summed E-state index contributed by atoms with van der Waals surface area (Å²) in [5.41, 5.74) is 0.212. The maximum Gasteiger partial charge on any atom is 0.187 e. The first kappa shape index (κ1) is 11.2. The summed E-state index contributed by atoms with van der Waals surface area (Å²) in [6, 6.07) is 0. The Morgan fingerprint density at radius 1 is 1.23 bits per heavy atom. The molecule has 1 saturated carbocycles. The molecule has 1 rings (SSSR count). The Labute approximate surface area is 82.7 Å². The van der Waals surface area contributed by atoms with Crippen LogP contribution in [0.4, 0.5) is 0 Å². The van der Waals surface area contributed by atoms with Crippen LogP contribution in [-0.4, -0.2) is 20.7 Å². The van der Waals surface area contributed by atoms with E-state index in [2.05, 4.69) is 33.5 Å². The maximum absolute atomic E-state index is 6.11. The molecule has 2 nitrogen and oxygen atoms in total. The van der Waals surface area contributed by atoms with E-state index in [9.17, 15) is 0 Å². The third-order valence-corrected chi connectivity index (χ3v) is 3.37. The molecule has 0 spiro atoms. The zero-order valence-electron chi connectivity index (χ0n) is 9.73. The molecule has 1 fully saturated rings. The number of hydrogen-bond acceptors (Lipinski definition) is 2. The molecule has 0 aliphatic heterocycles. The van der Waals surface area contributed by atoms with E-state index in [4.69, 9.17) is 9.16 Å². The molecule has 0 bridgehead atoms. The van der Waals surface area contributed by atoms with Crippen LogP contribution in [0.2, 0.25) is 19.6 Å². The second kappa shape index (κ2) is 3.07. The van der Waals surface area contributed by atoms with Gasteiger partial charge in [-0.1, -0.05) is 13.8 Å². The quantitative estimate of drug-likeness (QED) is 0.515. The van der Waals surface area contributed by atoms with Gasteiger partial charge in [-0.25, -0.2) is 0 Å². The van der Waals surface area contributed by atoms with Crippen LogP contribution in [0, 0.1) is 5.41 Å². The van der Waals surface area contributed by atoms with Gasteiger partial charge in [0.15, 0.2) is 14.1 Å². The van der Waals surface area contributed by atoms with Gasteiger partial charge in [0.1, 0.15) is 0 Å². The van der Waals surface area contributed by atoms with Gasteiger partial charge in [-0.15, -0.1) is 0 Å². The van der Waals surface area contributed by atoms with Crippen LogP contribution in [0.15, 0.2) is 0 Å². The lowest BCUT2D eigenvalue weighted by molar-refractivity contribution is -0.131. The first-order valence-electron chi connectivity index (χ1n) is 5.07. The van der Waals surface area contributed by atoms with Crippen molar-refractivity contribution in [3.63, 3.8) is 0 Å². The average molecular weight is 202 g/mol. The predicted octanol–water partition coefficient (Wildman–Crippen LogP) is 3.00. The predicted molar refractivity (Wildman–Crippen MR) is 57.2 cm³/mol. The minimum absolute atomic E-state index is 0.212. The van der Waals surface area contributed by atoms with Crippen LogP contribution in [-0.2, 0) is 9.16 Å². The van der Waals surface area contributed by atoms with Crippen molar-refractivity contribution < 1.29 is 9.16 Å². The van der Waals surface area contributed by atoms with Crippen molar-refractivity contribution in [3.8, 4) is 0 Å². The van der Waals surface area contributed by atoms with Crippen molar-refractivity contribution in [2.75, 3.05) is 6.61 Å². The highest BCUT2D eigenvalue weighted by Gasteiger charge is 2.65. The third-order valence-electron chi connectivity index (χ3n) is 2.43. The van der Waals surface area contributed by atoms with E-state index in [-0.39, 0.29) is 11.2 Å². The fourth-order valence-electron chi connectivity index (χ4n) is 1.72. The molecule has 0 radical (unpaired) electrons. The van der Waals surface area contributed by atoms with Gasteiger partial charge in [0.05, 0.1) is 0 Å². The number of hydrogen-bond donors (Lipinski definition) is 0. The van der Waals surface area contributed by atoms with Gasteiger partial charge < -0.3 is 9.16 Å². The molecule has 0 aromatic heterocycles. The van der Waals surface area contributed by atoms with E-state index >= 15 is 0 Å². The summed E-state index contributed by atoms with van der Waals surface area (Å²) in [4.78, 5) is 0. The minimum Gasteiger partial charge on any atom is -0.390 e. The van der Waals surface area contributed by atoms with E-state index in [1.165, 1.54) is 0 Å². The lowest BCUT2D eigenvalue weighted by Gasteiger charge is -2.29. The second-order valence-electron chi connectivity index (χ2n) is 5.46. The molecular formula is C10H22O2Si. The first-order valence-corrected chi connectivity index (χ1v) is 8.47. The van der Waals surface area contributed by atoms with Gasteiger partial charge in [0.25, 0.3) is 0 Å². The Kier molecular flexibility index (Phi) is 2.65. The first-order chi connectivity index (χ1) is 5.72. The van der Waals surface area contributed by atoms with E-state index in [0.717, 1.165) is 13.0 Å². The molecule has 0 unspecified atom stereocenters. The summed E-state index contributed by atoms with van der Waals surface area (Å²) in [5.74, 6) is -0.258. The summed E-state index contributed by atoms with van der Waals surface area (Å²) < 4.78 is 11.9. The molecule has 0 aromatic carbocycles. The van der Waals surface area contributed by atoms with Gasteiger partial charge in [0.2, 0.25) is 0 Å². The summed E-state index contributed by atoms with van der Waals surface area (Å²) in [6.45, 7) is 13.8. The highest BCUT2D eigenvalue weighted by atomic mass is 28.4. The van der Waals surface area contributed by atoms with Crippen molar-refractivity contribution in [1.82, 2.24) is 0 Å². The summed E-state index contributed by atoms with van der Waals surface area (Å²) in [7, 11) is -1.48. The minimum atomic E-state index is -1.48. The Morgan fingerprint density at radius 2 is 1.69 bits per heavy atom. The van der Waals surface area contributed by atoms with Crippen LogP contribution in [0.5, 0.6) is 0 Å². The highest BCUT2D eigenvalue weighted by molar-refractivity contribution is 6.69. The van der Waals surface area contributed by atoms with Crippen molar-refractivity contribution in [1.29, 1.82) is 0 Å². The van der Waals surface area contributed by atoms with Gasteiger partial charge in [-0.3, -0.25) is 0 Å². The van der Waals surface area contributed by atoms with Crippen LogP contribution in [0.25, 0.3) is 0 Å². The average Bonchev–Trinajstić information content (AvgIpc) is 2.28. The van der Waals surface area contributed by atoms with Crippen LogP contribution in [0.3, 0.4) is 0 Å². The SMILES string of the molecule is CCO[C@]1(O[Si](C)(C)C)CC1(C)C. The lowest BCUT2D eigenvalue weighted by Crippen LogP contribution is -2.38. The molecule has 78 valence electrons. The van der Waals surface area contributed by atoms with E-state index < -0.39 is 8.32 Å². The van der Waals surface area contributed by atoms with Crippen molar-refractivity contribution in [3.05, 3.63) is 0 Å². The Morgan fingerprint density at radius 3 is 1.92 bits per heavy atom. The molecule has 0 heterocycles. The Hall–Kier alpha value is 0.137. The van der Waals surface area contributed by atoms with Gasteiger partial charge in [-0.2, -0.15) is 0 Å². The van der Waals surface area contributed by atoms with Gasteiger partial charge >= 0.3 is 0 Å². The van der Waals surface area contributed by atoms with Gasteiger partial charge in [0, 0.05) is 18.4 Å². The monoisotopic (exact) mass is 202 g/mol. The molecule has 0 aromatic rings. The fourth-order valence-corrected chi connectivity index (χ4v) is 3.11. The van der Waals surface area contributed by atoms with Crippen molar-refractivity contribution >= 4 is 8.32 Å². The maximum atomic E-state index is 6.11. The number of ether oxygens (including phenoxy) is 1. The Balaban J connectivity index is 2.63. The molecule has 0 N–H and O–H groups in total. The zero-order chi connectivity index (χ0) is 10.3. The molecule has 0 amide bonds. The molecule has 1 aliphatic carbocycles. The van der Waals surface area contributed by atoms with E-state index in [1.807, 2.05) is 6.92 Å². The normalized spacial score (nSPS) is 31.8. The van der Waals surface area contributed by atoms with Gasteiger partial charge in [-0.05, 0) is 26.6 Å². The standard InChI is InChI=1S/C10H22O2Si/c1-7-11-10(8-9(10,2)3)12-13(4,5)6/h7-8H2,1-6H3/t10-/m0/s1. The second-order valence-corrected chi connectivity index (χ2v) is 9.89.